The maximum Gasteiger partial charge on any atom is 0.265 e. The van der Waals surface area contributed by atoms with Crippen LogP contribution in [0.25, 0.3) is 0 Å². The van der Waals surface area contributed by atoms with E-state index in [1.165, 1.54) is 11.3 Å². The van der Waals surface area contributed by atoms with Crippen LogP contribution in [-0.2, 0) is 6.54 Å². The summed E-state index contributed by atoms with van der Waals surface area (Å²) in [4.78, 5) is 21.1. The molecule has 24 heavy (non-hydrogen) atoms. The number of anilines is 3. The van der Waals surface area contributed by atoms with Gasteiger partial charge >= 0.3 is 0 Å². The van der Waals surface area contributed by atoms with Gasteiger partial charge in [0.05, 0.1) is 26.6 Å². The number of nitrogens with zero attached hydrogens (tertiary/aromatic N) is 2. The Morgan fingerprint density at radius 2 is 2.08 bits per heavy atom. The highest BCUT2D eigenvalue weighted by molar-refractivity contribution is 9.11. The predicted molar refractivity (Wildman–Crippen MR) is 100 cm³/mol. The Kier molecular flexibility index (Phi) is 5.07. The van der Waals surface area contributed by atoms with Gasteiger partial charge in [0, 0.05) is 18.1 Å². The molecule has 1 amide bonds. The standard InChI is InChI=1S/C16H14BrN5OS/c17-14-4-3-13(24-14)16(23)22-10-5-7-19-11(8-10)9-21-12-2-1-6-20-15(12)18/h1-8,21H,9H2,(H2,18,20)(H,19,22,23). The molecule has 0 saturated heterocycles. The monoisotopic (exact) mass is 403 g/mol. The first kappa shape index (κ1) is 16.4. The molecule has 0 bridgehead atoms. The Bertz CT molecular complexity index is 867. The van der Waals surface area contributed by atoms with Crippen LogP contribution in [0.4, 0.5) is 17.2 Å². The van der Waals surface area contributed by atoms with Crippen molar-refractivity contribution in [3.05, 3.63) is 63.1 Å². The number of nitrogens with one attached hydrogen (secondary N) is 2. The minimum Gasteiger partial charge on any atom is -0.382 e. The van der Waals surface area contributed by atoms with Gasteiger partial charge in [-0.15, -0.1) is 11.3 Å². The van der Waals surface area contributed by atoms with E-state index in [0.717, 1.165) is 15.2 Å². The molecule has 3 aromatic rings. The molecule has 0 fully saturated rings. The summed E-state index contributed by atoms with van der Waals surface area (Å²) in [6.45, 7) is 0.476. The van der Waals surface area contributed by atoms with Crippen LogP contribution in [-0.4, -0.2) is 15.9 Å². The van der Waals surface area contributed by atoms with Crippen LogP contribution < -0.4 is 16.4 Å². The first-order chi connectivity index (χ1) is 11.6. The number of hydrogen-bond acceptors (Lipinski definition) is 6. The minimum atomic E-state index is -0.146. The molecule has 3 rings (SSSR count). The lowest BCUT2D eigenvalue weighted by molar-refractivity contribution is 0.103. The number of nitrogen functional groups attached to an aromatic ring is 1. The third-order valence-electron chi connectivity index (χ3n) is 3.17. The molecule has 122 valence electrons. The smallest absolute Gasteiger partial charge is 0.265 e. The van der Waals surface area contributed by atoms with Crippen molar-refractivity contribution in [3.63, 3.8) is 0 Å². The Hall–Kier alpha value is -2.45. The molecule has 3 aromatic heterocycles. The van der Waals surface area contributed by atoms with Crippen LogP contribution in [0.1, 0.15) is 15.4 Å². The number of aromatic nitrogens is 2. The highest BCUT2D eigenvalue weighted by Gasteiger charge is 2.09. The molecule has 0 aliphatic rings. The van der Waals surface area contributed by atoms with Crippen molar-refractivity contribution >= 4 is 50.4 Å². The molecule has 4 N–H and O–H groups in total. The van der Waals surface area contributed by atoms with E-state index in [2.05, 4.69) is 36.5 Å². The van der Waals surface area contributed by atoms with E-state index in [-0.39, 0.29) is 5.91 Å². The van der Waals surface area contributed by atoms with E-state index in [4.69, 9.17) is 5.73 Å². The molecule has 3 heterocycles. The molecular formula is C16H14BrN5OS. The highest BCUT2D eigenvalue weighted by atomic mass is 79.9. The van der Waals surface area contributed by atoms with Gasteiger partial charge in [-0.25, -0.2) is 4.98 Å². The number of carbonyl (C=O) groups is 1. The number of hydrogen-bond donors (Lipinski definition) is 3. The van der Waals surface area contributed by atoms with E-state index in [1.807, 2.05) is 24.3 Å². The van der Waals surface area contributed by atoms with Crippen molar-refractivity contribution < 1.29 is 4.79 Å². The zero-order valence-electron chi connectivity index (χ0n) is 12.5. The number of halogens is 1. The van der Waals surface area contributed by atoms with Gasteiger partial charge in [-0.2, -0.15) is 0 Å². The summed E-state index contributed by atoms with van der Waals surface area (Å²) in [5.41, 5.74) is 8.01. The molecule has 8 heteroatoms. The average molecular weight is 404 g/mol. The summed E-state index contributed by atoms with van der Waals surface area (Å²) in [5, 5.41) is 6.05. The van der Waals surface area contributed by atoms with Gasteiger partial charge in [0.2, 0.25) is 0 Å². The van der Waals surface area contributed by atoms with Gasteiger partial charge in [0.1, 0.15) is 5.82 Å². The lowest BCUT2D eigenvalue weighted by Gasteiger charge is -2.09. The highest BCUT2D eigenvalue weighted by Crippen LogP contribution is 2.23. The fourth-order valence-electron chi connectivity index (χ4n) is 2.03. The topological polar surface area (TPSA) is 92.9 Å². The van der Waals surface area contributed by atoms with Gasteiger partial charge in [0.15, 0.2) is 0 Å². The summed E-state index contributed by atoms with van der Waals surface area (Å²) >= 11 is 4.74. The van der Waals surface area contributed by atoms with E-state index >= 15 is 0 Å². The second-order valence-corrected chi connectivity index (χ2v) is 7.35. The van der Waals surface area contributed by atoms with Gasteiger partial charge in [0.25, 0.3) is 5.91 Å². The lowest BCUT2D eigenvalue weighted by Crippen LogP contribution is -2.11. The molecular weight excluding hydrogens is 390 g/mol. The van der Waals surface area contributed by atoms with Crippen LogP contribution >= 0.6 is 27.3 Å². The third kappa shape index (κ3) is 4.09. The van der Waals surface area contributed by atoms with Crippen molar-refractivity contribution in [2.75, 3.05) is 16.4 Å². The molecule has 0 spiro atoms. The van der Waals surface area contributed by atoms with E-state index in [0.29, 0.717) is 22.9 Å². The van der Waals surface area contributed by atoms with Crippen LogP contribution in [0.5, 0.6) is 0 Å². The summed E-state index contributed by atoms with van der Waals surface area (Å²) in [5.74, 6) is 0.289. The van der Waals surface area contributed by atoms with Gasteiger partial charge < -0.3 is 16.4 Å². The quantitative estimate of drug-likeness (QED) is 0.602. The predicted octanol–water partition coefficient (Wildman–Crippen LogP) is 3.75. The van der Waals surface area contributed by atoms with E-state index in [9.17, 15) is 4.79 Å². The number of nitrogens with two attached hydrogens (primary N) is 1. The average Bonchev–Trinajstić information content (AvgIpc) is 3.01. The molecule has 0 aliphatic carbocycles. The second-order valence-electron chi connectivity index (χ2n) is 4.88. The second kappa shape index (κ2) is 7.41. The van der Waals surface area contributed by atoms with E-state index in [1.54, 1.807) is 24.5 Å². The van der Waals surface area contributed by atoms with Gasteiger partial charge in [-0.3, -0.25) is 9.78 Å². The summed E-state index contributed by atoms with van der Waals surface area (Å²) in [7, 11) is 0. The fraction of sp³-hybridized carbons (Fsp3) is 0.0625. The number of thiophene rings is 1. The SMILES string of the molecule is Nc1ncccc1NCc1cc(NC(=O)c2ccc(Br)s2)ccn1. The van der Waals surface area contributed by atoms with E-state index < -0.39 is 0 Å². The Morgan fingerprint density at radius 3 is 2.83 bits per heavy atom. The Labute approximate surface area is 151 Å². The number of pyridine rings is 2. The van der Waals surface area contributed by atoms with Crippen LogP contribution in [0, 0.1) is 0 Å². The van der Waals surface area contributed by atoms with Crippen LogP contribution in [0.15, 0.2) is 52.6 Å². The first-order valence-corrected chi connectivity index (χ1v) is 8.69. The summed E-state index contributed by atoms with van der Waals surface area (Å²) in [6, 6.07) is 10.9. The van der Waals surface area contributed by atoms with Gasteiger partial charge in [-0.1, -0.05) is 0 Å². The molecule has 0 radical (unpaired) electrons. The zero-order valence-corrected chi connectivity index (χ0v) is 14.9. The maximum atomic E-state index is 12.2. The number of carbonyl (C=O) groups excluding carboxylic acids is 1. The summed E-state index contributed by atoms with van der Waals surface area (Å²) in [6.07, 6.45) is 3.29. The third-order valence-corrected chi connectivity index (χ3v) is 4.79. The van der Waals surface area contributed by atoms with Crippen molar-refractivity contribution in [2.45, 2.75) is 6.54 Å². The summed E-state index contributed by atoms with van der Waals surface area (Å²) < 4.78 is 0.918. The van der Waals surface area contributed by atoms with Crippen LogP contribution in [0.2, 0.25) is 0 Å². The number of rotatable bonds is 5. The molecule has 0 unspecified atom stereocenters. The zero-order chi connectivity index (χ0) is 16.9. The molecule has 0 saturated carbocycles. The first-order valence-electron chi connectivity index (χ1n) is 7.08. The fourth-order valence-corrected chi connectivity index (χ4v) is 3.32. The molecule has 0 atom stereocenters. The normalized spacial score (nSPS) is 10.4. The van der Waals surface area contributed by atoms with Crippen molar-refractivity contribution in [1.82, 2.24) is 9.97 Å². The van der Waals surface area contributed by atoms with Gasteiger partial charge in [-0.05, 0) is 52.3 Å². The largest absolute Gasteiger partial charge is 0.382 e. The van der Waals surface area contributed by atoms with Crippen LogP contribution in [0.3, 0.4) is 0 Å². The Morgan fingerprint density at radius 1 is 1.21 bits per heavy atom. The lowest BCUT2D eigenvalue weighted by atomic mass is 10.3. The van der Waals surface area contributed by atoms with Crippen molar-refractivity contribution in [1.29, 1.82) is 0 Å². The maximum absolute atomic E-state index is 12.2. The Balaban J connectivity index is 1.66. The molecule has 0 aromatic carbocycles. The van der Waals surface area contributed by atoms with Crippen molar-refractivity contribution in [3.8, 4) is 0 Å². The minimum absolute atomic E-state index is 0.146. The molecule has 6 nitrogen and oxygen atoms in total. The number of amides is 1. The van der Waals surface area contributed by atoms with Crippen molar-refractivity contribution in [2.24, 2.45) is 0 Å². The molecule has 0 aliphatic heterocycles.